The lowest BCUT2D eigenvalue weighted by atomic mass is 9.98. The molecular formula is C24H43N9O9. The van der Waals surface area contributed by atoms with Gasteiger partial charge >= 0.3 is 11.9 Å². The van der Waals surface area contributed by atoms with Crippen LogP contribution in [0.15, 0.2) is 4.99 Å². The first kappa shape index (κ1) is 37.5. The van der Waals surface area contributed by atoms with Crippen LogP contribution in [0.1, 0.15) is 59.3 Å². The van der Waals surface area contributed by atoms with Gasteiger partial charge in [0.2, 0.25) is 29.5 Å². The number of nitrogens with one attached hydrogen (secondary N) is 4. The first-order valence-electron chi connectivity index (χ1n) is 13.2. The van der Waals surface area contributed by atoms with Gasteiger partial charge in [-0.05, 0) is 32.1 Å². The number of carbonyl (C=O) groups excluding carboxylic acids is 5. The Morgan fingerprint density at radius 3 is 1.76 bits per heavy atom. The number of hydrogen-bond donors (Lipinski definition) is 10. The molecule has 0 aliphatic rings. The summed E-state index contributed by atoms with van der Waals surface area (Å²) in [5, 5.41) is 27.6. The molecule has 0 aromatic heterocycles. The molecule has 0 rings (SSSR count). The molecule has 5 amide bonds. The van der Waals surface area contributed by atoms with Crippen LogP contribution in [0, 0.1) is 5.92 Å². The molecule has 6 atom stereocenters. The fourth-order valence-corrected chi connectivity index (χ4v) is 3.41. The zero-order chi connectivity index (χ0) is 32.6. The number of aliphatic carboxylic acids is 2. The van der Waals surface area contributed by atoms with E-state index in [1.165, 1.54) is 6.92 Å². The Morgan fingerprint density at radius 2 is 1.26 bits per heavy atom. The molecule has 0 aromatic carbocycles. The highest BCUT2D eigenvalue weighted by molar-refractivity contribution is 5.97. The van der Waals surface area contributed by atoms with Gasteiger partial charge in [-0.15, -0.1) is 0 Å². The van der Waals surface area contributed by atoms with Crippen molar-refractivity contribution in [3.05, 3.63) is 0 Å². The molecule has 42 heavy (non-hydrogen) atoms. The maximum absolute atomic E-state index is 13.1. The summed E-state index contributed by atoms with van der Waals surface area (Å²) in [4.78, 5) is 89.3. The van der Waals surface area contributed by atoms with Crippen LogP contribution in [0.3, 0.4) is 0 Å². The van der Waals surface area contributed by atoms with Crippen molar-refractivity contribution in [2.45, 2.75) is 89.5 Å². The molecule has 238 valence electrons. The van der Waals surface area contributed by atoms with Gasteiger partial charge in [0.05, 0.1) is 12.5 Å². The highest BCUT2D eigenvalue weighted by Gasteiger charge is 2.32. The van der Waals surface area contributed by atoms with Crippen molar-refractivity contribution in [2.24, 2.45) is 33.8 Å². The molecule has 18 heteroatoms. The fourth-order valence-electron chi connectivity index (χ4n) is 3.41. The average Bonchev–Trinajstić information content (AvgIpc) is 2.90. The summed E-state index contributed by atoms with van der Waals surface area (Å²) in [6.07, 6.45) is -0.893. The minimum absolute atomic E-state index is 0.0613. The third-order valence-electron chi connectivity index (χ3n) is 6.19. The van der Waals surface area contributed by atoms with Crippen LogP contribution >= 0.6 is 0 Å². The van der Waals surface area contributed by atoms with Crippen molar-refractivity contribution in [1.82, 2.24) is 21.3 Å². The summed E-state index contributed by atoms with van der Waals surface area (Å²) < 4.78 is 0. The van der Waals surface area contributed by atoms with Crippen molar-refractivity contribution in [3.8, 4) is 0 Å². The van der Waals surface area contributed by atoms with E-state index in [1.54, 1.807) is 13.8 Å². The molecule has 0 fully saturated rings. The minimum Gasteiger partial charge on any atom is -0.481 e. The molecule has 0 spiro atoms. The van der Waals surface area contributed by atoms with Crippen molar-refractivity contribution < 1.29 is 43.8 Å². The van der Waals surface area contributed by atoms with Crippen LogP contribution < -0.4 is 44.2 Å². The second-order valence-electron chi connectivity index (χ2n) is 9.72. The van der Waals surface area contributed by atoms with Gasteiger partial charge in [0.1, 0.15) is 24.2 Å². The number of aliphatic imine (C=N–C) groups is 1. The zero-order valence-corrected chi connectivity index (χ0v) is 23.9. The minimum atomic E-state index is -1.74. The summed E-state index contributed by atoms with van der Waals surface area (Å²) in [6, 6.07) is -6.82. The molecule has 0 aliphatic carbocycles. The van der Waals surface area contributed by atoms with Crippen LogP contribution in [0.5, 0.6) is 0 Å². The highest BCUT2D eigenvalue weighted by atomic mass is 16.4. The first-order chi connectivity index (χ1) is 19.5. The van der Waals surface area contributed by atoms with Crippen molar-refractivity contribution in [1.29, 1.82) is 0 Å². The second-order valence-corrected chi connectivity index (χ2v) is 9.72. The van der Waals surface area contributed by atoms with Crippen molar-refractivity contribution in [3.63, 3.8) is 0 Å². The van der Waals surface area contributed by atoms with E-state index in [2.05, 4.69) is 26.3 Å². The van der Waals surface area contributed by atoms with Gasteiger partial charge in [-0.2, -0.15) is 0 Å². The SMILES string of the molecule is CC[C@H](C)[C@H](N)C(=O)N[C@@H](CCC(N)=O)C(=O)N[C@@H](CC(=O)O)C(=O)N[C@@H](CCCN=C(N)N)C(=O)N[C@@H](C)C(=O)O. The van der Waals surface area contributed by atoms with Gasteiger partial charge in [-0.3, -0.25) is 38.6 Å². The van der Waals surface area contributed by atoms with Crippen LogP contribution in [-0.2, 0) is 33.6 Å². The Morgan fingerprint density at radius 1 is 0.762 bits per heavy atom. The number of amides is 5. The van der Waals surface area contributed by atoms with Crippen LogP contribution in [-0.4, -0.2) is 94.4 Å². The first-order valence-corrected chi connectivity index (χ1v) is 13.2. The number of carboxylic acid groups (broad SMARTS) is 2. The van der Waals surface area contributed by atoms with Gasteiger partial charge in [0, 0.05) is 13.0 Å². The number of primary amides is 1. The molecular weight excluding hydrogens is 558 g/mol. The zero-order valence-electron chi connectivity index (χ0n) is 23.9. The van der Waals surface area contributed by atoms with Crippen LogP contribution in [0.25, 0.3) is 0 Å². The van der Waals surface area contributed by atoms with Crippen LogP contribution in [0.2, 0.25) is 0 Å². The lowest BCUT2D eigenvalue weighted by Crippen LogP contribution is -2.59. The molecule has 0 aliphatic heterocycles. The largest absolute Gasteiger partial charge is 0.481 e. The lowest BCUT2D eigenvalue weighted by molar-refractivity contribution is -0.143. The van der Waals surface area contributed by atoms with Gasteiger partial charge in [0.25, 0.3) is 0 Å². The van der Waals surface area contributed by atoms with Gasteiger partial charge < -0.3 is 54.4 Å². The molecule has 0 saturated carbocycles. The number of nitrogens with two attached hydrogens (primary N) is 4. The molecule has 0 saturated heterocycles. The van der Waals surface area contributed by atoms with E-state index in [4.69, 9.17) is 28.0 Å². The predicted molar refractivity (Wildman–Crippen MR) is 149 cm³/mol. The van der Waals surface area contributed by atoms with E-state index < -0.39 is 78.1 Å². The molecule has 0 unspecified atom stereocenters. The van der Waals surface area contributed by atoms with Crippen LogP contribution in [0.4, 0.5) is 0 Å². The van der Waals surface area contributed by atoms with Crippen molar-refractivity contribution >= 4 is 47.4 Å². The smallest absolute Gasteiger partial charge is 0.325 e. The molecule has 18 nitrogen and oxygen atoms in total. The summed E-state index contributed by atoms with van der Waals surface area (Å²) >= 11 is 0. The van der Waals surface area contributed by atoms with Gasteiger partial charge in [-0.1, -0.05) is 20.3 Å². The Kier molecular flexibility index (Phi) is 16.8. The van der Waals surface area contributed by atoms with Crippen molar-refractivity contribution in [2.75, 3.05) is 6.54 Å². The Hall–Kier alpha value is -4.48. The summed E-state index contributed by atoms with van der Waals surface area (Å²) in [5.74, 6) is -7.78. The fraction of sp³-hybridized carbons (Fsp3) is 0.667. The highest BCUT2D eigenvalue weighted by Crippen LogP contribution is 2.08. The van der Waals surface area contributed by atoms with Gasteiger partial charge in [-0.25, -0.2) is 0 Å². The normalized spacial score (nSPS) is 15.0. The second kappa shape index (κ2) is 18.8. The molecule has 14 N–H and O–H groups in total. The summed E-state index contributed by atoms with van der Waals surface area (Å²) in [5.41, 5.74) is 21.6. The quantitative estimate of drug-likeness (QED) is 0.0365. The summed E-state index contributed by atoms with van der Waals surface area (Å²) in [7, 11) is 0. The predicted octanol–water partition coefficient (Wildman–Crippen LogP) is -3.80. The molecule has 0 heterocycles. The number of hydrogen-bond acceptors (Lipinski definition) is 9. The number of rotatable bonds is 20. The Bertz CT molecular complexity index is 1020. The van der Waals surface area contributed by atoms with E-state index in [9.17, 15) is 38.7 Å². The maximum atomic E-state index is 13.1. The van der Waals surface area contributed by atoms with E-state index >= 15 is 0 Å². The Balaban J connectivity index is 5.93. The third-order valence-corrected chi connectivity index (χ3v) is 6.19. The number of guanidine groups is 1. The van der Waals surface area contributed by atoms with E-state index in [1.807, 2.05) is 0 Å². The maximum Gasteiger partial charge on any atom is 0.325 e. The Labute approximate surface area is 242 Å². The molecule has 0 aromatic rings. The van der Waals surface area contributed by atoms with E-state index in [-0.39, 0.29) is 44.1 Å². The number of carboxylic acids is 2. The standard InChI is InChI=1S/C24H43N9O9/c1-4-11(2)18(26)22(40)32-14(7-8-16(25)34)20(38)33-15(10-17(35)36)21(39)31-13(6-5-9-29-24(27)28)19(37)30-12(3)23(41)42/h11-15,18H,4-10,26H2,1-3H3,(H2,25,34)(H,30,37)(H,31,39)(H,32,40)(H,33,38)(H,35,36)(H,41,42)(H4,27,28,29)/t11-,12-,13-,14-,15-,18-/m0/s1. The van der Waals surface area contributed by atoms with E-state index in [0.29, 0.717) is 6.42 Å². The number of carbonyl (C=O) groups is 7. The molecule has 0 bridgehead atoms. The summed E-state index contributed by atoms with van der Waals surface area (Å²) in [6.45, 7) is 4.78. The van der Waals surface area contributed by atoms with E-state index in [0.717, 1.165) is 0 Å². The number of nitrogens with zero attached hydrogens (tertiary/aromatic N) is 1. The topological polar surface area (TPSA) is 325 Å². The average molecular weight is 602 g/mol. The monoisotopic (exact) mass is 601 g/mol. The molecule has 0 radical (unpaired) electrons. The third kappa shape index (κ3) is 14.8. The lowest BCUT2D eigenvalue weighted by Gasteiger charge is -2.26. The van der Waals surface area contributed by atoms with Gasteiger partial charge in [0.15, 0.2) is 5.96 Å².